The molecule has 0 radical (unpaired) electrons. The summed E-state index contributed by atoms with van der Waals surface area (Å²) in [6.45, 7) is 4.71. The molecule has 1 amide bonds. The number of phenolic OH excluding ortho intramolecular Hbond substituents is 1. The third-order valence-electron chi connectivity index (χ3n) is 3.17. The fraction of sp³-hybridized carbons (Fsp3) is 0.533. The zero-order chi connectivity index (χ0) is 15.2. The number of halogens is 1. The van der Waals surface area contributed by atoms with Crippen LogP contribution in [0.3, 0.4) is 0 Å². The molecule has 0 saturated heterocycles. The van der Waals surface area contributed by atoms with Crippen molar-refractivity contribution in [1.29, 1.82) is 0 Å². The van der Waals surface area contributed by atoms with Gasteiger partial charge in [0.05, 0.1) is 6.42 Å². The van der Waals surface area contributed by atoms with Crippen molar-refractivity contribution >= 4 is 17.5 Å². The minimum Gasteiger partial charge on any atom is -0.508 e. The van der Waals surface area contributed by atoms with Gasteiger partial charge in [0.25, 0.3) is 0 Å². The van der Waals surface area contributed by atoms with E-state index in [1.807, 2.05) is 13.8 Å². The molecule has 20 heavy (non-hydrogen) atoms. The Morgan fingerprint density at radius 1 is 1.40 bits per heavy atom. The summed E-state index contributed by atoms with van der Waals surface area (Å²) >= 11 is 5.95. The van der Waals surface area contributed by atoms with E-state index in [9.17, 15) is 9.90 Å². The van der Waals surface area contributed by atoms with Crippen molar-refractivity contribution in [3.05, 3.63) is 28.8 Å². The molecule has 1 aromatic carbocycles. The minimum absolute atomic E-state index is 0.0883. The number of carbonyl (C=O) groups excluding carboxylic acids is 1. The summed E-state index contributed by atoms with van der Waals surface area (Å²) in [6.07, 6.45) is 1.87. The lowest BCUT2D eigenvalue weighted by Gasteiger charge is -2.21. The van der Waals surface area contributed by atoms with Crippen LogP contribution in [0.25, 0.3) is 0 Å². The first kappa shape index (κ1) is 16.8. The Morgan fingerprint density at radius 3 is 2.70 bits per heavy atom. The van der Waals surface area contributed by atoms with Crippen molar-refractivity contribution < 1.29 is 15.0 Å². The number of aliphatic hydroxyl groups excluding tert-OH is 1. The number of carbonyl (C=O) groups is 1. The van der Waals surface area contributed by atoms with Crippen molar-refractivity contribution in [2.24, 2.45) is 5.41 Å². The molecule has 4 nitrogen and oxygen atoms in total. The number of nitrogens with one attached hydrogen (secondary N) is 1. The highest BCUT2D eigenvalue weighted by Gasteiger charge is 2.15. The van der Waals surface area contributed by atoms with Crippen LogP contribution in [0.4, 0.5) is 0 Å². The molecule has 0 aliphatic rings. The maximum Gasteiger partial charge on any atom is 0.224 e. The maximum atomic E-state index is 11.8. The molecule has 0 unspecified atom stereocenters. The highest BCUT2D eigenvalue weighted by molar-refractivity contribution is 6.31. The second-order valence-electron chi connectivity index (χ2n) is 5.73. The van der Waals surface area contributed by atoms with Crippen molar-refractivity contribution in [3.63, 3.8) is 0 Å². The van der Waals surface area contributed by atoms with Crippen LogP contribution in [0.5, 0.6) is 5.75 Å². The van der Waals surface area contributed by atoms with Crippen molar-refractivity contribution in [3.8, 4) is 5.75 Å². The largest absolute Gasteiger partial charge is 0.508 e. The zero-order valence-electron chi connectivity index (χ0n) is 11.9. The summed E-state index contributed by atoms with van der Waals surface area (Å²) in [6, 6.07) is 4.58. The molecule has 112 valence electrons. The Labute approximate surface area is 124 Å². The molecule has 0 heterocycles. The van der Waals surface area contributed by atoms with Crippen LogP contribution in [0.1, 0.15) is 32.3 Å². The predicted octanol–water partition coefficient (Wildman–Crippen LogP) is 2.50. The van der Waals surface area contributed by atoms with E-state index in [1.54, 1.807) is 6.07 Å². The van der Waals surface area contributed by atoms with Crippen molar-refractivity contribution in [2.45, 2.75) is 33.1 Å². The summed E-state index contributed by atoms with van der Waals surface area (Å²) in [5.41, 5.74) is 0.586. The number of hydrogen-bond donors (Lipinski definition) is 3. The predicted molar refractivity (Wildman–Crippen MR) is 79.9 cm³/mol. The molecule has 0 atom stereocenters. The van der Waals surface area contributed by atoms with Crippen LogP contribution in [0, 0.1) is 5.41 Å². The van der Waals surface area contributed by atoms with E-state index >= 15 is 0 Å². The van der Waals surface area contributed by atoms with Gasteiger partial charge in [0.1, 0.15) is 5.75 Å². The summed E-state index contributed by atoms with van der Waals surface area (Å²) in [4.78, 5) is 11.8. The van der Waals surface area contributed by atoms with Gasteiger partial charge in [-0.05, 0) is 36.0 Å². The quantitative estimate of drug-likeness (QED) is 0.678. The van der Waals surface area contributed by atoms with E-state index in [2.05, 4.69) is 5.32 Å². The van der Waals surface area contributed by atoms with Gasteiger partial charge >= 0.3 is 0 Å². The third-order valence-corrected chi connectivity index (χ3v) is 3.52. The number of aromatic hydroxyl groups is 1. The smallest absolute Gasteiger partial charge is 0.224 e. The molecule has 0 aromatic heterocycles. The van der Waals surface area contributed by atoms with E-state index in [0.29, 0.717) is 17.1 Å². The van der Waals surface area contributed by atoms with Gasteiger partial charge in [0, 0.05) is 18.2 Å². The van der Waals surface area contributed by atoms with Crippen LogP contribution >= 0.6 is 11.6 Å². The fourth-order valence-corrected chi connectivity index (χ4v) is 2.03. The third kappa shape index (κ3) is 5.80. The molecule has 0 aliphatic carbocycles. The van der Waals surface area contributed by atoms with Crippen LogP contribution in [0.2, 0.25) is 5.02 Å². The number of hydrogen-bond acceptors (Lipinski definition) is 3. The van der Waals surface area contributed by atoms with E-state index in [-0.39, 0.29) is 30.1 Å². The minimum atomic E-state index is -0.106. The molecule has 0 saturated carbocycles. The maximum absolute atomic E-state index is 11.8. The van der Waals surface area contributed by atoms with Gasteiger partial charge < -0.3 is 15.5 Å². The van der Waals surface area contributed by atoms with Crippen molar-refractivity contribution in [2.75, 3.05) is 13.2 Å². The highest BCUT2D eigenvalue weighted by atomic mass is 35.5. The second kappa shape index (κ2) is 7.50. The Balaban J connectivity index is 2.34. The summed E-state index contributed by atoms with van der Waals surface area (Å²) < 4.78 is 0. The van der Waals surface area contributed by atoms with Gasteiger partial charge in [-0.1, -0.05) is 31.5 Å². The molecule has 0 aliphatic heterocycles. The Bertz CT molecular complexity index is 460. The van der Waals surface area contributed by atoms with Crippen LogP contribution in [0.15, 0.2) is 18.2 Å². The lowest BCUT2D eigenvalue weighted by molar-refractivity contribution is -0.120. The fourth-order valence-electron chi connectivity index (χ4n) is 1.79. The molecule has 0 fully saturated rings. The molecule has 0 bridgehead atoms. The van der Waals surface area contributed by atoms with Gasteiger partial charge in [0.15, 0.2) is 0 Å². The average Bonchev–Trinajstić information content (AvgIpc) is 2.38. The molecular weight excluding hydrogens is 278 g/mol. The van der Waals surface area contributed by atoms with Crippen molar-refractivity contribution in [1.82, 2.24) is 5.32 Å². The highest BCUT2D eigenvalue weighted by Crippen LogP contribution is 2.22. The Hall–Kier alpha value is -1.26. The van der Waals surface area contributed by atoms with Gasteiger partial charge in [-0.25, -0.2) is 0 Å². The second-order valence-corrected chi connectivity index (χ2v) is 6.14. The molecule has 1 aromatic rings. The molecule has 0 spiro atoms. The first-order valence-electron chi connectivity index (χ1n) is 6.69. The van der Waals surface area contributed by atoms with E-state index in [0.717, 1.165) is 12.8 Å². The molecule has 5 heteroatoms. The van der Waals surface area contributed by atoms with Gasteiger partial charge in [-0.15, -0.1) is 0 Å². The standard InChI is InChI=1S/C15H22ClNO3/c1-15(2,10-18)6-3-7-17-14(20)8-11-4-5-12(19)9-13(11)16/h4-5,9,18-19H,3,6-8,10H2,1-2H3,(H,17,20). The van der Waals surface area contributed by atoms with Gasteiger partial charge in [0.2, 0.25) is 5.91 Å². The molecule has 3 N–H and O–H groups in total. The van der Waals surface area contributed by atoms with Crippen LogP contribution in [-0.4, -0.2) is 29.3 Å². The zero-order valence-corrected chi connectivity index (χ0v) is 12.7. The van der Waals surface area contributed by atoms with Crippen LogP contribution < -0.4 is 5.32 Å². The lowest BCUT2D eigenvalue weighted by Crippen LogP contribution is -2.27. The topological polar surface area (TPSA) is 69.6 Å². The van der Waals surface area contributed by atoms with E-state index in [4.69, 9.17) is 16.7 Å². The SMILES string of the molecule is CC(C)(CO)CCCNC(=O)Cc1ccc(O)cc1Cl. The van der Waals surface area contributed by atoms with Gasteiger partial charge in [-0.2, -0.15) is 0 Å². The first-order chi connectivity index (χ1) is 9.34. The number of amides is 1. The Kier molecular flexibility index (Phi) is 6.30. The lowest BCUT2D eigenvalue weighted by atomic mass is 9.89. The molecular formula is C15H22ClNO3. The first-order valence-corrected chi connectivity index (χ1v) is 7.07. The molecule has 1 rings (SSSR count). The number of benzene rings is 1. The average molecular weight is 300 g/mol. The number of rotatable bonds is 7. The van der Waals surface area contributed by atoms with E-state index < -0.39 is 0 Å². The summed E-state index contributed by atoms with van der Waals surface area (Å²) in [5, 5.41) is 21.6. The van der Waals surface area contributed by atoms with E-state index in [1.165, 1.54) is 12.1 Å². The summed E-state index contributed by atoms with van der Waals surface area (Å²) in [7, 11) is 0. The number of phenols is 1. The Morgan fingerprint density at radius 2 is 2.10 bits per heavy atom. The normalized spacial score (nSPS) is 11.4. The monoisotopic (exact) mass is 299 g/mol. The van der Waals surface area contributed by atoms with Crippen LogP contribution in [-0.2, 0) is 11.2 Å². The summed E-state index contributed by atoms with van der Waals surface area (Å²) in [5.74, 6) is -0.00946. The number of aliphatic hydroxyl groups is 1. The van der Waals surface area contributed by atoms with Gasteiger partial charge in [-0.3, -0.25) is 4.79 Å².